The average molecular weight is 384 g/mol. The summed E-state index contributed by atoms with van der Waals surface area (Å²) in [5.41, 5.74) is 1.93. The summed E-state index contributed by atoms with van der Waals surface area (Å²) in [6.07, 6.45) is 0. The number of esters is 1. The summed E-state index contributed by atoms with van der Waals surface area (Å²) in [5, 5.41) is 10.0. The number of ether oxygens (including phenoxy) is 1. The standard InChI is InChI=1S/C21H20O5S/c1-12-4-6-16(7-5-12)27-14(3)21(24)25-11-15-10-19(23)26-20-13(2)18(22)9-8-17(15)20/h4-10,14,22H,11H2,1-3H3/t14-/m0/s1. The highest BCUT2D eigenvalue weighted by Gasteiger charge is 2.18. The number of rotatable bonds is 5. The second-order valence-electron chi connectivity index (χ2n) is 6.36. The van der Waals surface area contributed by atoms with Crippen molar-refractivity contribution in [3.63, 3.8) is 0 Å². The second-order valence-corrected chi connectivity index (χ2v) is 7.77. The minimum atomic E-state index is -0.552. The van der Waals surface area contributed by atoms with Crippen LogP contribution >= 0.6 is 11.8 Å². The van der Waals surface area contributed by atoms with Crippen molar-refractivity contribution >= 4 is 28.7 Å². The number of fused-ring (bicyclic) bond motifs is 1. The molecule has 1 atom stereocenters. The Kier molecular flexibility index (Phi) is 5.56. The van der Waals surface area contributed by atoms with Crippen LogP contribution < -0.4 is 5.63 Å². The Morgan fingerprint density at radius 3 is 2.59 bits per heavy atom. The number of aromatic hydroxyl groups is 1. The lowest BCUT2D eigenvalue weighted by Gasteiger charge is -2.13. The van der Waals surface area contributed by atoms with Crippen molar-refractivity contribution in [3.8, 4) is 5.75 Å². The lowest BCUT2D eigenvalue weighted by atomic mass is 10.1. The van der Waals surface area contributed by atoms with Gasteiger partial charge in [-0.1, -0.05) is 17.7 Å². The molecule has 0 unspecified atom stereocenters. The first kappa shape index (κ1) is 19.0. The first-order valence-corrected chi connectivity index (χ1v) is 9.38. The number of hydrogen-bond donors (Lipinski definition) is 1. The Balaban J connectivity index is 1.74. The summed E-state index contributed by atoms with van der Waals surface area (Å²) in [4.78, 5) is 25.2. The van der Waals surface area contributed by atoms with Crippen LogP contribution in [0.3, 0.4) is 0 Å². The van der Waals surface area contributed by atoms with Gasteiger partial charge in [-0.05, 0) is 45.0 Å². The maximum absolute atomic E-state index is 12.3. The number of aryl methyl sites for hydroxylation is 2. The molecule has 1 N–H and O–H groups in total. The van der Waals surface area contributed by atoms with Crippen LogP contribution in [0.5, 0.6) is 5.75 Å². The van der Waals surface area contributed by atoms with Crippen LogP contribution in [0.25, 0.3) is 11.0 Å². The van der Waals surface area contributed by atoms with Gasteiger partial charge in [-0.15, -0.1) is 11.8 Å². The summed E-state index contributed by atoms with van der Waals surface area (Å²) in [6.45, 7) is 5.42. The quantitative estimate of drug-likeness (QED) is 0.401. The van der Waals surface area contributed by atoms with E-state index in [2.05, 4.69) is 0 Å². The maximum atomic E-state index is 12.3. The van der Waals surface area contributed by atoms with Gasteiger partial charge in [0.05, 0.1) is 0 Å². The van der Waals surface area contributed by atoms with Crippen molar-refractivity contribution in [2.45, 2.75) is 37.5 Å². The van der Waals surface area contributed by atoms with E-state index in [1.165, 1.54) is 23.9 Å². The molecule has 0 aliphatic heterocycles. The van der Waals surface area contributed by atoms with E-state index in [-0.39, 0.29) is 23.6 Å². The Morgan fingerprint density at radius 1 is 1.19 bits per heavy atom. The van der Waals surface area contributed by atoms with Crippen LogP contribution in [-0.4, -0.2) is 16.3 Å². The van der Waals surface area contributed by atoms with Gasteiger partial charge in [-0.2, -0.15) is 0 Å². The van der Waals surface area contributed by atoms with E-state index >= 15 is 0 Å². The summed E-state index contributed by atoms with van der Waals surface area (Å²) >= 11 is 1.42. The number of thioether (sulfide) groups is 1. The van der Waals surface area contributed by atoms with Crippen LogP contribution in [-0.2, 0) is 16.1 Å². The van der Waals surface area contributed by atoms with Gasteiger partial charge in [0.25, 0.3) is 0 Å². The second kappa shape index (κ2) is 7.88. The van der Waals surface area contributed by atoms with E-state index in [1.54, 1.807) is 19.9 Å². The van der Waals surface area contributed by atoms with E-state index in [0.717, 1.165) is 10.5 Å². The molecule has 0 spiro atoms. The molecule has 0 bridgehead atoms. The lowest BCUT2D eigenvalue weighted by Crippen LogP contribution is -2.17. The van der Waals surface area contributed by atoms with Gasteiger partial charge in [-0.3, -0.25) is 4.79 Å². The van der Waals surface area contributed by atoms with E-state index in [0.29, 0.717) is 22.1 Å². The summed E-state index contributed by atoms with van der Waals surface area (Å²) in [7, 11) is 0. The van der Waals surface area contributed by atoms with Gasteiger partial charge >= 0.3 is 11.6 Å². The molecule has 6 heteroatoms. The molecule has 2 aromatic carbocycles. The molecule has 27 heavy (non-hydrogen) atoms. The highest BCUT2D eigenvalue weighted by molar-refractivity contribution is 8.00. The molecule has 3 aromatic rings. The highest BCUT2D eigenvalue weighted by Crippen LogP contribution is 2.28. The smallest absolute Gasteiger partial charge is 0.336 e. The molecule has 1 heterocycles. The number of phenols is 1. The van der Waals surface area contributed by atoms with Gasteiger partial charge in [0.2, 0.25) is 0 Å². The molecule has 3 rings (SSSR count). The van der Waals surface area contributed by atoms with Gasteiger partial charge in [-0.25, -0.2) is 4.79 Å². The first-order valence-electron chi connectivity index (χ1n) is 8.50. The average Bonchev–Trinajstić information content (AvgIpc) is 2.64. The van der Waals surface area contributed by atoms with Crippen molar-refractivity contribution in [1.82, 2.24) is 0 Å². The minimum absolute atomic E-state index is 0.0378. The molecule has 0 aliphatic rings. The summed E-state index contributed by atoms with van der Waals surface area (Å²) in [5.74, 6) is -0.319. The summed E-state index contributed by atoms with van der Waals surface area (Å²) < 4.78 is 10.6. The third-order valence-corrected chi connectivity index (χ3v) is 5.34. The van der Waals surface area contributed by atoms with Crippen molar-refractivity contribution in [2.75, 3.05) is 0 Å². The monoisotopic (exact) mass is 384 g/mol. The van der Waals surface area contributed by atoms with Crippen LogP contribution in [0.1, 0.15) is 23.6 Å². The van der Waals surface area contributed by atoms with Crippen LogP contribution in [0.4, 0.5) is 0 Å². The number of carbonyl (C=O) groups excluding carboxylic acids is 1. The van der Waals surface area contributed by atoms with Crippen molar-refractivity contribution < 1.29 is 19.1 Å². The number of carbonyl (C=O) groups is 1. The van der Waals surface area contributed by atoms with Gasteiger partial charge in [0.1, 0.15) is 23.2 Å². The number of hydrogen-bond acceptors (Lipinski definition) is 6. The predicted octanol–water partition coefficient (Wildman–Crippen LogP) is 4.34. The molecule has 0 fully saturated rings. The third-order valence-electron chi connectivity index (χ3n) is 4.25. The normalized spacial score (nSPS) is 12.1. The fourth-order valence-electron chi connectivity index (χ4n) is 2.67. The largest absolute Gasteiger partial charge is 0.508 e. The molecule has 140 valence electrons. The topological polar surface area (TPSA) is 76.7 Å². The SMILES string of the molecule is Cc1ccc(S[C@@H](C)C(=O)OCc2cc(=O)oc3c(C)c(O)ccc23)cc1. The van der Waals surface area contributed by atoms with E-state index in [1.807, 2.05) is 31.2 Å². The Hall–Kier alpha value is -2.73. The van der Waals surface area contributed by atoms with Gasteiger partial charge in [0, 0.05) is 27.5 Å². The molecule has 1 aromatic heterocycles. The zero-order chi connectivity index (χ0) is 19.6. The zero-order valence-electron chi connectivity index (χ0n) is 15.3. The third kappa shape index (κ3) is 4.34. The maximum Gasteiger partial charge on any atom is 0.336 e. The Morgan fingerprint density at radius 2 is 1.89 bits per heavy atom. The summed E-state index contributed by atoms with van der Waals surface area (Å²) in [6, 6.07) is 12.4. The number of phenolic OH excluding ortho intramolecular Hbond substituents is 1. The van der Waals surface area contributed by atoms with Crippen molar-refractivity contribution in [3.05, 3.63) is 69.6 Å². The van der Waals surface area contributed by atoms with Gasteiger partial charge < -0.3 is 14.3 Å². The molecular formula is C21H20O5S. The first-order chi connectivity index (χ1) is 12.8. The molecule has 5 nitrogen and oxygen atoms in total. The van der Waals surface area contributed by atoms with E-state index < -0.39 is 5.63 Å². The molecule has 0 aliphatic carbocycles. The minimum Gasteiger partial charge on any atom is -0.508 e. The molecule has 0 amide bonds. The lowest BCUT2D eigenvalue weighted by molar-refractivity contribution is -0.143. The van der Waals surface area contributed by atoms with Crippen LogP contribution in [0.2, 0.25) is 0 Å². The number of benzene rings is 2. The van der Waals surface area contributed by atoms with Gasteiger partial charge in [0.15, 0.2) is 0 Å². The van der Waals surface area contributed by atoms with Crippen molar-refractivity contribution in [2.24, 2.45) is 0 Å². The predicted molar refractivity (Wildman–Crippen MR) is 105 cm³/mol. The molecule has 0 saturated carbocycles. The fourth-order valence-corrected chi connectivity index (χ4v) is 3.54. The fraction of sp³-hybridized carbons (Fsp3) is 0.238. The Labute approximate surface area is 161 Å². The Bertz CT molecular complexity index is 1040. The van der Waals surface area contributed by atoms with E-state index in [9.17, 15) is 14.7 Å². The molecule has 0 radical (unpaired) electrons. The van der Waals surface area contributed by atoms with E-state index in [4.69, 9.17) is 9.15 Å². The zero-order valence-corrected chi connectivity index (χ0v) is 16.1. The van der Waals surface area contributed by atoms with Crippen LogP contribution in [0.15, 0.2) is 56.6 Å². The highest BCUT2D eigenvalue weighted by atomic mass is 32.2. The molecular weight excluding hydrogens is 364 g/mol. The molecule has 0 saturated heterocycles. The van der Waals surface area contributed by atoms with Crippen LogP contribution in [0, 0.1) is 13.8 Å². The van der Waals surface area contributed by atoms with Crippen molar-refractivity contribution in [1.29, 1.82) is 0 Å².